The van der Waals surface area contributed by atoms with Crippen LogP contribution in [0, 0.1) is 12.8 Å². The van der Waals surface area contributed by atoms with Gasteiger partial charge >= 0.3 is 0 Å². The van der Waals surface area contributed by atoms with Gasteiger partial charge in [0, 0.05) is 24.2 Å². The predicted octanol–water partition coefficient (Wildman–Crippen LogP) is 2.62. The molecule has 1 aliphatic carbocycles. The zero-order valence-electron chi connectivity index (χ0n) is 11.9. The van der Waals surface area contributed by atoms with Crippen molar-refractivity contribution in [1.82, 2.24) is 10.3 Å². The molecule has 2 rings (SSSR count). The molecule has 1 heterocycles. The van der Waals surface area contributed by atoms with Crippen molar-refractivity contribution in [2.45, 2.75) is 46.5 Å². The molecule has 2 N–H and O–H groups in total. The van der Waals surface area contributed by atoms with Gasteiger partial charge in [0.2, 0.25) is 0 Å². The molecule has 0 aromatic carbocycles. The molecule has 1 aromatic heterocycles. The van der Waals surface area contributed by atoms with Crippen molar-refractivity contribution < 1.29 is 9.59 Å². The smallest absolute Gasteiger partial charge is 0.268 e. The number of carbonyl (C=O) groups excluding carboxylic acids is 2. The number of fused-ring (bicyclic) bond motifs is 1. The van der Waals surface area contributed by atoms with Crippen LogP contribution in [0.1, 0.15) is 65.2 Å². The van der Waals surface area contributed by atoms with Crippen molar-refractivity contribution in [2.24, 2.45) is 5.92 Å². The molecule has 0 unspecified atom stereocenters. The van der Waals surface area contributed by atoms with Gasteiger partial charge in [-0.1, -0.05) is 13.8 Å². The fourth-order valence-corrected chi connectivity index (χ4v) is 2.56. The Morgan fingerprint density at radius 1 is 1.37 bits per heavy atom. The van der Waals surface area contributed by atoms with E-state index in [4.69, 9.17) is 0 Å². The number of Topliss-reactive ketones (excluding diaryl/α,β-unsaturated/α-hetero) is 1. The van der Waals surface area contributed by atoms with Gasteiger partial charge in [-0.15, -0.1) is 0 Å². The molecular weight excluding hydrogens is 240 g/mol. The SMILES string of the molecule is Cc1c(C(=O)NCCC(C)C)[nH]c2c1C(=O)CCC2. The van der Waals surface area contributed by atoms with Crippen LogP contribution in [0.5, 0.6) is 0 Å². The number of rotatable bonds is 4. The molecule has 4 nitrogen and oxygen atoms in total. The average Bonchev–Trinajstić information content (AvgIpc) is 2.67. The quantitative estimate of drug-likeness (QED) is 0.876. The Hall–Kier alpha value is -1.58. The number of aromatic nitrogens is 1. The minimum absolute atomic E-state index is 0.0969. The summed E-state index contributed by atoms with van der Waals surface area (Å²) in [7, 11) is 0. The molecule has 104 valence electrons. The number of hydrogen-bond donors (Lipinski definition) is 2. The van der Waals surface area contributed by atoms with Gasteiger partial charge in [0.1, 0.15) is 5.69 Å². The van der Waals surface area contributed by atoms with Crippen molar-refractivity contribution in [3.8, 4) is 0 Å². The monoisotopic (exact) mass is 262 g/mol. The Labute approximate surface area is 114 Å². The fraction of sp³-hybridized carbons (Fsp3) is 0.600. The minimum atomic E-state index is -0.0969. The van der Waals surface area contributed by atoms with Crippen LogP contribution in [0.15, 0.2) is 0 Å². The molecule has 19 heavy (non-hydrogen) atoms. The first kappa shape index (κ1) is 13.8. The van der Waals surface area contributed by atoms with Gasteiger partial charge in [-0.3, -0.25) is 9.59 Å². The first-order chi connectivity index (χ1) is 9.00. The average molecular weight is 262 g/mol. The van der Waals surface area contributed by atoms with Crippen molar-refractivity contribution in [3.63, 3.8) is 0 Å². The highest BCUT2D eigenvalue weighted by Gasteiger charge is 2.26. The fourth-order valence-electron chi connectivity index (χ4n) is 2.56. The van der Waals surface area contributed by atoms with Crippen molar-refractivity contribution in [3.05, 3.63) is 22.5 Å². The maximum atomic E-state index is 12.1. The number of nitrogens with one attached hydrogen (secondary N) is 2. The predicted molar refractivity (Wildman–Crippen MR) is 74.6 cm³/mol. The number of aromatic amines is 1. The topological polar surface area (TPSA) is 62.0 Å². The third kappa shape index (κ3) is 2.88. The molecule has 0 fully saturated rings. The minimum Gasteiger partial charge on any atom is -0.354 e. The van der Waals surface area contributed by atoms with E-state index in [0.29, 0.717) is 24.6 Å². The standard InChI is InChI=1S/C15H22N2O2/c1-9(2)7-8-16-15(19)14-10(3)13-11(17-14)5-4-6-12(13)18/h9,17H,4-8H2,1-3H3,(H,16,19). The largest absolute Gasteiger partial charge is 0.354 e. The third-order valence-electron chi connectivity index (χ3n) is 3.67. The molecule has 1 aromatic rings. The van der Waals surface area contributed by atoms with Crippen molar-refractivity contribution in [2.75, 3.05) is 6.54 Å². The first-order valence-electron chi connectivity index (χ1n) is 7.03. The van der Waals surface area contributed by atoms with Crippen LogP contribution >= 0.6 is 0 Å². The summed E-state index contributed by atoms with van der Waals surface area (Å²) in [6.45, 7) is 6.79. The van der Waals surface area contributed by atoms with Crippen LogP contribution in [0.3, 0.4) is 0 Å². The van der Waals surface area contributed by atoms with Crippen LogP contribution < -0.4 is 5.32 Å². The molecule has 1 aliphatic rings. The van der Waals surface area contributed by atoms with Crippen molar-refractivity contribution in [1.29, 1.82) is 0 Å². The second-order valence-electron chi connectivity index (χ2n) is 5.69. The first-order valence-corrected chi connectivity index (χ1v) is 7.03. The molecule has 0 saturated heterocycles. The lowest BCUT2D eigenvalue weighted by Gasteiger charge is -2.09. The van der Waals surface area contributed by atoms with E-state index >= 15 is 0 Å². The summed E-state index contributed by atoms with van der Waals surface area (Å²) in [5.74, 6) is 0.636. The van der Waals surface area contributed by atoms with Crippen LogP contribution in [0.2, 0.25) is 0 Å². The molecule has 0 atom stereocenters. The molecule has 1 amide bonds. The highest BCUT2D eigenvalue weighted by atomic mass is 16.2. The van der Waals surface area contributed by atoms with Gasteiger partial charge in [-0.05, 0) is 37.7 Å². The van der Waals surface area contributed by atoms with E-state index in [9.17, 15) is 9.59 Å². The maximum absolute atomic E-state index is 12.1. The Morgan fingerprint density at radius 2 is 2.11 bits per heavy atom. The zero-order valence-corrected chi connectivity index (χ0v) is 11.9. The van der Waals surface area contributed by atoms with Gasteiger partial charge in [-0.2, -0.15) is 0 Å². The summed E-state index contributed by atoms with van der Waals surface area (Å²) in [5, 5.41) is 2.91. The van der Waals surface area contributed by atoms with E-state index in [1.807, 2.05) is 6.92 Å². The summed E-state index contributed by atoms with van der Waals surface area (Å²) in [4.78, 5) is 27.1. The lowest BCUT2D eigenvalue weighted by molar-refractivity contribution is 0.0946. The van der Waals surface area contributed by atoms with Crippen LogP contribution in [-0.2, 0) is 6.42 Å². The molecular formula is C15H22N2O2. The van der Waals surface area contributed by atoms with Gasteiger partial charge in [0.05, 0.1) is 0 Å². The number of hydrogen-bond acceptors (Lipinski definition) is 2. The lowest BCUT2D eigenvalue weighted by Crippen LogP contribution is -2.26. The summed E-state index contributed by atoms with van der Waals surface area (Å²) in [6, 6.07) is 0. The number of carbonyl (C=O) groups is 2. The van der Waals surface area contributed by atoms with E-state index < -0.39 is 0 Å². The number of ketones is 1. The molecule has 0 saturated carbocycles. The molecule has 4 heteroatoms. The molecule has 0 bridgehead atoms. The van der Waals surface area contributed by atoms with E-state index in [0.717, 1.165) is 36.1 Å². The maximum Gasteiger partial charge on any atom is 0.268 e. The zero-order chi connectivity index (χ0) is 14.0. The Morgan fingerprint density at radius 3 is 2.74 bits per heavy atom. The van der Waals surface area contributed by atoms with Crippen LogP contribution in [0.25, 0.3) is 0 Å². The van der Waals surface area contributed by atoms with E-state index in [1.54, 1.807) is 0 Å². The van der Waals surface area contributed by atoms with E-state index in [1.165, 1.54) is 0 Å². The molecule has 0 spiro atoms. The highest BCUT2D eigenvalue weighted by Crippen LogP contribution is 2.26. The number of amides is 1. The van der Waals surface area contributed by atoms with Gasteiger partial charge in [0.25, 0.3) is 5.91 Å². The van der Waals surface area contributed by atoms with Crippen LogP contribution in [-0.4, -0.2) is 23.2 Å². The molecule has 0 radical (unpaired) electrons. The van der Waals surface area contributed by atoms with Gasteiger partial charge < -0.3 is 10.3 Å². The van der Waals surface area contributed by atoms with Crippen molar-refractivity contribution >= 4 is 11.7 Å². The van der Waals surface area contributed by atoms with E-state index in [2.05, 4.69) is 24.1 Å². The third-order valence-corrected chi connectivity index (χ3v) is 3.67. The summed E-state index contributed by atoms with van der Waals surface area (Å²) in [6.07, 6.45) is 3.30. The Bertz CT molecular complexity index is 500. The summed E-state index contributed by atoms with van der Waals surface area (Å²) >= 11 is 0. The molecule has 0 aliphatic heterocycles. The second kappa shape index (κ2) is 5.59. The summed E-state index contributed by atoms with van der Waals surface area (Å²) in [5.41, 5.74) is 3.05. The highest BCUT2D eigenvalue weighted by molar-refractivity contribution is 6.04. The van der Waals surface area contributed by atoms with Crippen LogP contribution in [0.4, 0.5) is 0 Å². The Kier molecular flexibility index (Phi) is 4.08. The van der Waals surface area contributed by atoms with E-state index in [-0.39, 0.29) is 11.7 Å². The lowest BCUT2D eigenvalue weighted by atomic mass is 9.94. The van der Waals surface area contributed by atoms with Gasteiger partial charge in [0.15, 0.2) is 5.78 Å². The second-order valence-corrected chi connectivity index (χ2v) is 5.69. The number of aryl methyl sites for hydroxylation is 1. The number of H-pyrrole nitrogens is 1. The van der Waals surface area contributed by atoms with Gasteiger partial charge in [-0.25, -0.2) is 0 Å². The Balaban J connectivity index is 2.13. The summed E-state index contributed by atoms with van der Waals surface area (Å²) < 4.78 is 0. The normalized spacial score (nSPS) is 14.6.